The van der Waals surface area contributed by atoms with E-state index in [0.29, 0.717) is 5.41 Å². The largest absolute Gasteiger partial charge is 0.0645 e. The zero-order valence-corrected chi connectivity index (χ0v) is 9.49. The number of hydrogen-bond acceptors (Lipinski definition) is 0. The zero-order chi connectivity index (χ0) is 9.80. The molecular weight excluding hydrogens is 156 g/mol. The summed E-state index contributed by atoms with van der Waals surface area (Å²) in [5.41, 5.74) is 7.18. The molecule has 1 unspecified atom stereocenters. The summed E-state index contributed by atoms with van der Waals surface area (Å²) in [6, 6.07) is 0. The van der Waals surface area contributed by atoms with Crippen LogP contribution in [0.15, 0.2) is 22.3 Å². The van der Waals surface area contributed by atoms with Crippen LogP contribution in [0.3, 0.4) is 0 Å². The van der Waals surface area contributed by atoms with Crippen molar-refractivity contribution in [2.75, 3.05) is 0 Å². The molecule has 0 aromatic heterocycles. The molecule has 0 radical (unpaired) electrons. The van der Waals surface area contributed by atoms with Gasteiger partial charge < -0.3 is 0 Å². The minimum atomic E-state index is 0.554. The summed E-state index contributed by atoms with van der Waals surface area (Å²) in [4.78, 5) is 0. The second-order valence-electron chi connectivity index (χ2n) is 4.66. The molecule has 0 heterocycles. The van der Waals surface area contributed by atoms with Crippen molar-refractivity contribution in [3.63, 3.8) is 0 Å². The molecule has 0 fully saturated rings. The molecule has 3 aliphatic rings. The van der Waals surface area contributed by atoms with Gasteiger partial charge in [0, 0.05) is 11.3 Å². The van der Waals surface area contributed by atoms with Gasteiger partial charge in [-0.05, 0) is 44.8 Å². The number of rotatable bonds is 2. The fourth-order valence-corrected chi connectivity index (χ4v) is 3.85. The van der Waals surface area contributed by atoms with Gasteiger partial charge in [0.2, 0.25) is 0 Å². The molecule has 1 atom stereocenters. The predicted molar refractivity (Wildman–Crippen MR) is 57.6 cm³/mol. The van der Waals surface area contributed by atoms with E-state index < -0.39 is 0 Å². The minimum Gasteiger partial charge on any atom is -0.0645 e. The maximum Gasteiger partial charge on any atom is 0.0110 e. The van der Waals surface area contributed by atoms with E-state index in [-0.39, 0.29) is 0 Å². The normalized spacial score (nSPS) is 29.8. The zero-order valence-electron chi connectivity index (χ0n) is 9.49. The number of hydrogen-bond donors (Lipinski definition) is 0. The lowest BCUT2D eigenvalue weighted by Crippen LogP contribution is -2.37. The Bertz CT molecular complexity index is 311. The first kappa shape index (κ1) is 9.05. The Morgan fingerprint density at radius 2 is 1.54 bits per heavy atom. The Balaban J connectivity index is 2.46. The summed E-state index contributed by atoms with van der Waals surface area (Å²) in [6.45, 7) is 11.6. The first-order valence-electron chi connectivity index (χ1n) is 5.49. The van der Waals surface area contributed by atoms with Gasteiger partial charge >= 0.3 is 0 Å². The van der Waals surface area contributed by atoms with Crippen molar-refractivity contribution in [2.24, 2.45) is 11.3 Å². The lowest BCUT2D eigenvalue weighted by molar-refractivity contribution is 0.226. The van der Waals surface area contributed by atoms with Crippen molar-refractivity contribution in [1.82, 2.24) is 0 Å². The van der Waals surface area contributed by atoms with Crippen LogP contribution in [0.4, 0.5) is 0 Å². The van der Waals surface area contributed by atoms with E-state index in [2.05, 4.69) is 34.6 Å². The van der Waals surface area contributed by atoms with Crippen molar-refractivity contribution in [2.45, 2.75) is 47.5 Å². The molecule has 0 amide bonds. The third-order valence-corrected chi connectivity index (χ3v) is 4.54. The second-order valence-corrected chi connectivity index (χ2v) is 4.66. The van der Waals surface area contributed by atoms with Crippen molar-refractivity contribution >= 4 is 0 Å². The maximum atomic E-state index is 2.34. The standard InChI is InChI=1S/C13H20/c1-6-13(7-2)11-8(3)9(4)12(13)10(11)5/h11H,6-7H2,1-5H3. The van der Waals surface area contributed by atoms with E-state index in [1.165, 1.54) is 12.8 Å². The molecular formula is C13H20. The van der Waals surface area contributed by atoms with Crippen LogP contribution in [0, 0.1) is 11.3 Å². The summed E-state index contributed by atoms with van der Waals surface area (Å²) in [7, 11) is 0. The lowest BCUT2D eigenvalue weighted by atomic mass is 9.56. The molecule has 2 bridgehead atoms. The third-order valence-electron chi connectivity index (χ3n) is 4.54. The molecule has 72 valence electrons. The van der Waals surface area contributed by atoms with Crippen LogP contribution in [0.1, 0.15) is 47.5 Å². The highest BCUT2D eigenvalue weighted by Crippen LogP contribution is 2.66. The first-order valence-corrected chi connectivity index (χ1v) is 5.49. The van der Waals surface area contributed by atoms with Gasteiger partial charge in [0.05, 0.1) is 0 Å². The molecule has 3 rings (SSSR count). The van der Waals surface area contributed by atoms with E-state index in [1.807, 2.05) is 0 Å². The fourth-order valence-electron chi connectivity index (χ4n) is 3.85. The van der Waals surface area contributed by atoms with Crippen molar-refractivity contribution in [3.8, 4) is 0 Å². The van der Waals surface area contributed by atoms with E-state index in [4.69, 9.17) is 0 Å². The number of allylic oxidation sites excluding steroid dienone is 4. The van der Waals surface area contributed by atoms with Crippen LogP contribution >= 0.6 is 0 Å². The van der Waals surface area contributed by atoms with Crippen LogP contribution in [0.5, 0.6) is 0 Å². The third kappa shape index (κ3) is 0.734. The van der Waals surface area contributed by atoms with Crippen LogP contribution < -0.4 is 0 Å². The second kappa shape index (κ2) is 2.50. The quantitative estimate of drug-likeness (QED) is 0.594. The average molecular weight is 176 g/mol. The average Bonchev–Trinajstić information content (AvgIpc) is 2.47. The maximum absolute atomic E-state index is 2.34. The summed E-state index contributed by atoms with van der Waals surface area (Å²) < 4.78 is 0. The van der Waals surface area contributed by atoms with E-state index in [9.17, 15) is 0 Å². The molecule has 0 N–H and O–H groups in total. The molecule has 0 heteroatoms. The Kier molecular flexibility index (Phi) is 1.74. The Morgan fingerprint density at radius 1 is 1.00 bits per heavy atom. The molecule has 13 heavy (non-hydrogen) atoms. The van der Waals surface area contributed by atoms with Crippen LogP contribution in [0.2, 0.25) is 0 Å². The van der Waals surface area contributed by atoms with Crippen molar-refractivity contribution in [1.29, 1.82) is 0 Å². The SMILES string of the molecule is CCC1(CC)C2=C(C)C1C(C)=C2C. The van der Waals surface area contributed by atoms with E-state index in [1.54, 1.807) is 22.3 Å². The topological polar surface area (TPSA) is 0 Å². The highest BCUT2D eigenvalue weighted by atomic mass is 14.6. The molecule has 0 nitrogen and oxygen atoms in total. The van der Waals surface area contributed by atoms with Crippen LogP contribution in [-0.2, 0) is 0 Å². The van der Waals surface area contributed by atoms with Gasteiger partial charge in [-0.25, -0.2) is 0 Å². The Hall–Kier alpha value is -0.520. The molecule has 0 aliphatic heterocycles. The smallest absolute Gasteiger partial charge is 0.0110 e. The van der Waals surface area contributed by atoms with Gasteiger partial charge in [-0.1, -0.05) is 25.0 Å². The summed E-state index contributed by atoms with van der Waals surface area (Å²) >= 11 is 0. The Morgan fingerprint density at radius 3 is 1.69 bits per heavy atom. The molecule has 0 saturated carbocycles. The van der Waals surface area contributed by atoms with Gasteiger partial charge in [0.1, 0.15) is 0 Å². The summed E-state index contributed by atoms with van der Waals surface area (Å²) in [5, 5.41) is 0. The molecule has 0 spiro atoms. The van der Waals surface area contributed by atoms with E-state index in [0.717, 1.165) is 5.92 Å². The highest BCUT2D eigenvalue weighted by molar-refractivity contribution is 5.62. The van der Waals surface area contributed by atoms with Gasteiger partial charge in [0.15, 0.2) is 0 Å². The van der Waals surface area contributed by atoms with Gasteiger partial charge in [-0.15, -0.1) is 0 Å². The summed E-state index contributed by atoms with van der Waals surface area (Å²) in [5.74, 6) is 0.803. The minimum absolute atomic E-state index is 0.554. The van der Waals surface area contributed by atoms with Crippen molar-refractivity contribution < 1.29 is 0 Å². The first-order chi connectivity index (χ1) is 6.10. The summed E-state index contributed by atoms with van der Waals surface area (Å²) in [6.07, 6.45) is 2.63. The van der Waals surface area contributed by atoms with Crippen LogP contribution in [0.25, 0.3) is 0 Å². The molecule has 0 aromatic rings. The lowest BCUT2D eigenvalue weighted by Gasteiger charge is -2.47. The van der Waals surface area contributed by atoms with Crippen molar-refractivity contribution in [3.05, 3.63) is 22.3 Å². The Labute approximate surface area is 81.7 Å². The highest BCUT2D eigenvalue weighted by Gasteiger charge is 2.55. The molecule has 0 aromatic carbocycles. The van der Waals surface area contributed by atoms with Crippen LogP contribution in [-0.4, -0.2) is 0 Å². The van der Waals surface area contributed by atoms with Gasteiger partial charge in [-0.2, -0.15) is 0 Å². The van der Waals surface area contributed by atoms with E-state index >= 15 is 0 Å². The fraction of sp³-hybridized carbons (Fsp3) is 0.692. The predicted octanol–water partition coefficient (Wildman–Crippen LogP) is 4.09. The van der Waals surface area contributed by atoms with Gasteiger partial charge in [-0.3, -0.25) is 0 Å². The monoisotopic (exact) mass is 176 g/mol. The molecule has 0 saturated heterocycles. The van der Waals surface area contributed by atoms with Gasteiger partial charge in [0.25, 0.3) is 0 Å². The molecule has 3 aliphatic carbocycles.